The highest BCUT2D eigenvalue weighted by molar-refractivity contribution is 5.76. The van der Waals surface area contributed by atoms with Gasteiger partial charge in [-0.15, -0.1) is 0 Å². The molecule has 0 aromatic carbocycles. The second-order valence-electron chi connectivity index (χ2n) is 16.8. The predicted molar refractivity (Wildman–Crippen MR) is 241 cm³/mol. The summed E-state index contributed by atoms with van der Waals surface area (Å²) in [7, 11) is 0. The van der Waals surface area contributed by atoms with Gasteiger partial charge in [-0.25, -0.2) is 0 Å². The third-order valence-corrected chi connectivity index (χ3v) is 11.2. The minimum absolute atomic E-state index is 0.0438. The van der Waals surface area contributed by atoms with E-state index in [1.807, 2.05) is 0 Å². The molecule has 0 aliphatic rings. The summed E-state index contributed by atoms with van der Waals surface area (Å²) in [5.41, 5.74) is 0. The van der Waals surface area contributed by atoms with Gasteiger partial charge in [0.1, 0.15) is 0 Å². The molecule has 0 aliphatic carbocycles. The third-order valence-electron chi connectivity index (χ3n) is 11.2. The predicted octanol–water partition coefficient (Wildman–Crippen LogP) is 14.3. The maximum absolute atomic E-state index is 12.4. The van der Waals surface area contributed by atoms with E-state index in [4.69, 9.17) is 4.74 Å². The van der Waals surface area contributed by atoms with Gasteiger partial charge in [-0.1, -0.05) is 199 Å². The minimum Gasteiger partial charge on any atom is -0.466 e. The number of unbranched alkanes of at least 4 members (excludes halogenated alkanes) is 30. The normalized spacial score (nSPS) is 12.9. The summed E-state index contributed by atoms with van der Waals surface area (Å²) in [6.45, 7) is 4.85. The van der Waals surface area contributed by atoms with Gasteiger partial charge in [0.25, 0.3) is 0 Å². The van der Waals surface area contributed by atoms with Crippen LogP contribution in [0.2, 0.25) is 0 Å². The van der Waals surface area contributed by atoms with Gasteiger partial charge in [0, 0.05) is 12.8 Å². The Balaban J connectivity index is 3.55. The highest BCUT2D eigenvalue weighted by Crippen LogP contribution is 2.16. The third kappa shape index (κ3) is 42.0. The number of carbonyl (C=O) groups is 2. The summed E-state index contributed by atoms with van der Waals surface area (Å²) in [4.78, 5) is 24.4. The van der Waals surface area contributed by atoms with E-state index in [-0.39, 0.29) is 18.5 Å². The van der Waals surface area contributed by atoms with Gasteiger partial charge in [-0.3, -0.25) is 9.59 Å². The molecular weight excluding hydrogens is 695 g/mol. The molecule has 6 heteroatoms. The van der Waals surface area contributed by atoms with Crippen molar-refractivity contribution in [3.05, 3.63) is 24.3 Å². The topological polar surface area (TPSA) is 95.9 Å². The number of rotatable bonds is 45. The molecular formula is C50H95NO5. The first-order valence-electron chi connectivity index (χ1n) is 24.6. The molecule has 2 atom stereocenters. The fourth-order valence-corrected chi connectivity index (χ4v) is 7.40. The van der Waals surface area contributed by atoms with E-state index in [0.717, 1.165) is 70.6 Å². The Morgan fingerprint density at radius 2 is 0.857 bits per heavy atom. The molecule has 0 spiro atoms. The van der Waals surface area contributed by atoms with Crippen molar-refractivity contribution in [1.82, 2.24) is 5.32 Å². The number of carbonyl (C=O) groups excluding carboxylic acids is 2. The van der Waals surface area contributed by atoms with E-state index in [0.29, 0.717) is 25.9 Å². The van der Waals surface area contributed by atoms with Crippen molar-refractivity contribution in [1.29, 1.82) is 0 Å². The van der Waals surface area contributed by atoms with Crippen LogP contribution < -0.4 is 5.32 Å². The maximum Gasteiger partial charge on any atom is 0.305 e. The summed E-state index contributed by atoms with van der Waals surface area (Å²) in [6, 6.07) is -0.579. The van der Waals surface area contributed by atoms with E-state index in [1.54, 1.807) is 0 Å². The zero-order valence-electron chi connectivity index (χ0n) is 37.4. The fraction of sp³-hybridized carbons (Fsp3) is 0.880. The van der Waals surface area contributed by atoms with Crippen molar-refractivity contribution in [2.45, 2.75) is 270 Å². The van der Waals surface area contributed by atoms with Crippen molar-refractivity contribution in [2.24, 2.45) is 0 Å². The van der Waals surface area contributed by atoms with E-state index in [2.05, 4.69) is 43.5 Å². The van der Waals surface area contributed by atoms with Gasteiger partial charge in [0.15, 0.2) is 0 Å². The van der Waals surface area contributed by atoms with Gasteiger partial charge in [0.2, 0.25) is 5.91 Å². The lowest BCUT2D eigenvalue weighted by molar-refractivity contribution is -0.143. The van der Waals surface area contributed by atoms with Crippen LogP contribution in [0.4, 0.5) is 0 Å². The number of hydrogen-bond acceptors (Lipinski definition) is 5. The first kappa shape index (κ1) is 54.3. The van der Waals surface area contributed by atoms with E-state index in [9.17, 15) is 19.8 Å². The lowest BCUT2D eigenvalue weighted by Crippen LogP contribution is -2.45. The van der Waals surface area contributed by atoms with Crippen LogP contribution in [0, 0.1) is 0 Å². The Morgan fingerprint density at radius 1 is 0.482 bits per heavy atom. The zero-order valence-corrected chi connectivity index (χ0v) is 37.4. The number of nitrogens with one attached hydrogen (secondary N) is 1. The molecule has 0 aliphatic heterocycles. The van der Waals surface area contributed by atoms with Gasteiger partial charge in [-0.05, 0) is 70.6 Å². The minimum atomic E-state index is -0.695. The molecule has 0 saturated carbocycles. The van der Waals surface area contributed by atoms with Crippen molar-refractivity contribution in [2.75, 3.05) is 13.2 Å². The number of aliphatic hydroxyl groups is 2. The van der Waals surface area contributed by atoms with Crippen molar-refractivity contribution in [3.63, 3.8) is 0 Å². The summed E-state index contributed by atoms with van der Waals surface area (Å²) in [6.07, 6.45) is 52.9. The molecule has 0 rings (SSSR count). The summed E-state index contributed by atoms with van der Waals surface area (Å²) >= 11 is 0. The van der Waals surface area contributed by atoms with Crippen molar-refractivity contribution >= 4 is 11.9 Å². The number of aliphatic hydroxyl groups excluding tert-OH is 2. The number of ether oxygens (including phenoxy) is 1. The average molecular weight is 790 g/mol. The molecule has 1 amide bonds. The first-order chi connectivity index (χ1) is 27.5. The molecule has 6 nitrogen and oxygen atoms in total. The largest absolute Gasteiger partial charge is 0.466 e. The van der Waals surface area contributed by atoms with Crippen molar-refractivity contribution < 1.29 is 24.5 Å². The first-order valence-corrected chi connectivity index (χ1v) is 24.6. The molecule has 0 heterocycles. The van der Waals surface area contributed by atoms with E-state index >= 15 is 0 Å². The van der Waals surface area contributed by atoms with E-state index in [1.165, 1.54) is 154 Å². The Hall–Kier alpha value is -1.66. The van der Waals surface area contributed by atoms with Gasteiger partial charge >= 0.3 is 5.97 Å². The fourth-order valence-electron chi connectivity index (χ4n) is 7.40. The number of allylic oxidation sites excluding steroid dienone is 4. The molecule has 0 aromatic rings. The summed E-state index contributed by atoms with van der Waals surface area (Å²) in [5.74, 6) is -0.140. The maximum atomic E-state index is 12.4. The van der Waals surface area contributed by atoms with Crippen LogP contribution >= 0.6 is 0 Å². The Labute approximate surface area is 348 Å². The lowest BCUT2D eigenvalue weighted by Gasteiger charge is -2.22. The Morgan fingerprint density at radius 3 is 1.30 bits per heavy atom. The molecule has 0 bridgehead atoms. The van der Waals surface area contributed by atoms with Crippen LogP contribution in [0.5, 0.6) is 0 Å². The Bertz CT molecular complexity index is 874. The summed E-state index contributed by atoms with van der Waals surface area (Å²) in [5, 5.41) is 23.1. The van der Waals surface area contributed by atoms with Crippen molar-refractivity contribution in [3.8, 4) is 0 Å². The molecule has 2 unspecified atom stereocenters. The molecule has 0 saturated heterocycles. The zero-order chi connectivity index (χ0) is 40.8. The van der Waals surface area contributed by atoms with Crippen LogP contribution in [0.3, 0.4) is 0 Å². The second kappa shape index (κ2) is 46.0. The summed E-state index contributed by atoms with van der Waals surface area (Å²) < 4.78 is 5.43. The molecule has 3 N–H and O–H groups in total. The van der Waals surface area contributed by atoms with Crippen LogP contribution in [-0.2, 0) is 14.3 Å². The SMILES string of the molecule is CCCCCCCC/C=C\CCCCCCCC(=O)OCCCCCC/C=C\CCCC(=O)NC(CO)C(O)CCCCCCCCCCCCCCCCC. The molecule has 330 valence electrons. The van der Waals surface area contributed by atoms with Crippen LogP contribution in [0.25, 0.3) is 0 Å². The van der Waals surface area contributed by atoms with Crippen LogP contribution in [-0.4, -0.2) is 47.4 Å². The average Bonchev–Trinajstić information content (AvgIpc) is 3.20. The monoisotopic (exact) mass is 790 g/mol. The Kier molecular flexibility index (Phi) is 44.7. The number of hydrogen-bond donors (Lipinski definition) is 3. The quantitative estimate of drug-likeness (QED) is 0.0324. The van der Waals surface area contributed by atoms with Crippen LogP contribution in [0.15, 0.2) is 24.3 Å². The smallest absolute Gasteiger partial charge is 0.305 e. The number of esters is 1. The second-order valence-corrected chi connectivity index (χ2v) is 16.8. The van der Waals surface area contributed by atoms with E-state index < -0.39 is 12.1 Å². The molecule has 0 aromatic heterocycles. The molecule has 0 fully saturated rings. The molecule has 56 heavy (non-hydrogen) atoms. The highest BCUT2D eigenvalue weighted by Gasteiger charge is 2.20. The van der Waals surface area contributed by atoms with Gasteiger partial charge in [0.05, 0.1) is 25.4 Å². The highest BCUT2D eigenvalue weighted by atomic mass is 16.5. The number of amides is 1. The standard InChI is InChI=1S/C50H95NO5/c1-3-5-7-9-11-13-15-17-19-21-23-26-30-34-38-42-48(53)47(46-52)51-49(54)43-39-35-31-27-25-29-33-37-41-45-56-50(55)44-40-36-32-28-24-22-20-18-16-14-12-10-8-6-4-2/h18,20,27,31,47-48,52-53H,3-17,19,21-26,28-30,32-46H2,1-2H3,(H,51,54)/b20-18-,31-27-. The molecule has 0 radical (unpaired) electrons. The lowest BCUT2D eigenvalue weighted by atomic mass is 10.0. The van der Waals surface area contributed by atoms with Gasteiger partial charge < -0.3 is 20.3 Å². The van der Waals surface area contributed by atoms with Gasteiger partial charge in [-0.2, -0.15) is 0 Å². The van der Waals surface area contributed by atoms with Crippen LogP contribution in [0.1, 0.15) is 258 Å².